The molecule has 1 aromatic heterocycles. The van der Waals surface area contributed by atoms with E-state index in [9.17, 15) is 4.79 Å². The molecule has 0 aliphatic rings. The first-order valence-electron chi connectivity index (χ1n) is 4.84. The van der Waals surface area contributed by atoms with Gasteiger partial charge >= 0.3 is 6.03 Å². The summed E-state index contributed by atoms with van der Waals surface area (Å²) in [5.41, 5.74) is 1.04. The van der Waals surface area contributed by atoms with Crippen LogP contribution in [-0.2, 0) is 6.54 Å². The van der Waals surface area contributed by atoms with Gasteiger partial charge in [-0.1, -0.05) is 0 Å². The van der Waals surface area contributed by atoms with Crippen molar-refractivity contribution in [2.75, 3.05) is 27.2 Å². The minimum atomic E-state index is -0.0710. The summed E-state index contributed by atoms with van der Waals surface area (Å²) < 4.78 is 0. The number of H-pyrrole nitrogens is 1. The maximum atomic E-state index is 11.1. The van der Waals surface area contributed by atoms with Gasteiger partial charge in [0.15, 0.2) is 0 Å². The van der Waals surface area contributed by atoms with E-state index in [4.69, 9.17) is 0 Å². The Morgan fingerprint density at radius 1 is 1.53 bits per heavy atom. The maximum absolute atomic E-state index is 11.1. The molecule has 3 N–H and O–H groups in total. The first kappa shape index (κ1) is 11.5. The molecule has 6 nitrogen and oxygen atoms in total. The number of aromatic nitrogens is 2. The third kappa shape index (κ3) is 4.46. The van der Waals surface area contributed by atoms with Crippen molar-refractivity contribution in [2.45, 2.75) is 6.54 Å². The van der Waals surface area contributed by atoms with Crippen LogP contribution in [0.4, 0.5) is 4.79 Å². The molecule has 0 atom stereocenters. The van der Waals surface area contributed by atoms with Gasteiger partial charge in [0, 0.05) is 45.6 Å². The lowest BCUT2D eigenvalue weighted by Gasteiger charge is -2.11. The predicted molar refractivity (Wildman–Crippen MR) is 57.4 cm³/mol. The van der Waals surface area contributed by atoms with Crippen LogP contribution in [-0.4, -0.2) is 48.3 Å². The highest BCUT2D eigenvalue weighted by atomic mass is 16.2. The van der Waals surface area contributed by atoms with E-state index in [0.717, 1.165) is 18.8 Å². The summed E-state index contributed by atoms with van der Waals surface area (Å²) in [5, 5.41) is 12.6. The number of nitrogens with zero attached hydrogens (tertiary/aromatic N) is 2. The normalized spacial score (nSPS) is 10.0. The Labute approximate surface area is 89.0 Å². The van der Waals surface area contributed by atoms with Crippen LogP contribution in [0.1, 0.15) is 5.69 Å². The second kappa shape index (κ2) is 6.02. The summed E-state index contributed by atoms with van der Waals surface area (Å²) in [6.07, 6.45) is 1.71. The molecular weight excluding hydrogens is 194 g/mol. The van der Waals surface area contributed by atoms with Crippen LogP contribution < -0.4 is 10.6 Å². The molecule has 2 amide bonds. The van der Waals surface area contributed by atoms with Gasteiger partial charge in [0.1, 0.15) is 0 Å². The minimum Gasteiger partial charge on any atom is -0.337 e. The smallest absolute Gasteiger partial charge is 0.316 e. The first-order valence-corrected chi connectivity index (χ1v) is 4.84. The van der Waals surface area contributed by atoms with Crippen LogP contribution in [0.2, 0.25) is 0 Å². The number of aromatic amines is 1. The summed E-state index contributed by atoms with van der Waals surface area (Å²) in [6, 6.07) is 1.84. The minimum absolute atomic E-state index is 0.0710. The lowest BCUT2D eigenvalue weighted by atomic mass is 10.4. The zero-order valence-electron chi connectivity index (χ0n) is 9.08. The molecule has 0 spiro atoms. The average molecular weight is 211 g/mol. The van der Waals surface area contributed by atoms with Gasteiger partial charge in [0.05, 0.1) is 0 Å². The predicted octanol–water partition coefficient (Wildman–Crippen LogP) is -0.229. The molecule has 0 saturated carbocycles. The number of carbonyl (C=O) groups is 1. The van der Waals surface area contributed by atoms with Crippen molar-refractivity contribution in [3.05, 3.63) is 18.0 Å². The Morgan fingerprint density at radius 2 is 2.33 bits per heavy atom. The molecule has 0 aliphatic heterocycles. The standard InChI is InChI=1S/C9H17N5O/c1-14(2)9(15)11-6-5-10-7-8-3-4-12-13-8/h3-4,10H,5-7H2,1-2H3,(H,11,15)(H,12,13). The van der Waals surface area contributed by atoms with Gasteiger partial charge in [0.25, 0.3) is 0 Å². The average Bonchev–Trinajstić information content (AvgIpc) is 2.69. The number of carbonyl (C=O) groups excluding carboxylic acids is 1. The molecule has 0 saturated heterocycles. The van der Waals surface area contributed by atoms with E-state index in [1.807, 2.05) is 6.07 Å². The van der Waals surface area contributed by atoms with E-state index in [0.29, 0.717) is 6.54 Å². The van der Waals surface area contributed by atoms with Crippen LogP contribution in [0.15, 0.2) is 12.3 Å². The van der Waals surface area contributed by atoms with Crippen LogP contribution in [0.25, 0.3) is 0 Å². The number of urea groups is 1. The number of nitrogens with one attached hydrogen (secondary N) is 3. The van der Waals surface area contributed by atoms with Gasteiger partial charge in [-0.05, 0) is 6.07 Å². The molecular formula is C9H17N5O. The summed E-state index contributed by atoms with van der Waals surface area (Å²) in [6.45, 7) is 2.08. The van der Waals surface area contributed by atoms with Crippen molar-refractivity contribution in [3.8, 4) is 0 Å². The van der Waals surface area contributed by atoms with Gasteiger partial charge in [0.2, 0.25) is 0 Å². The van der Waals surface area contributed by atoms with Crippen molar-refractivity contribution in [1.82, 2.24) is 25.7 Å². The maximum Gasteiger partial charge on any atom is 0.316 e. The molecule has 1 aromatic rings. The number of amides is 2. The topological polar surface area (TPSA) is 73.1 Å². The third-order valence-electron chi connectivity index (χ3n) is 1.86. The Balaban J connectivity index is 2.00. The Bertz CT molecular complexity index is 283. The molecule has 84 valence electrons. The zero-order valence-corrected chi connectivity index (χ0v) is 9.08. The fourth-order valence-electron chi connectivity index (χ4n) is 1.02. The van der Waals surface area contributed by atoms with Crippen molar-refractivity contribution in [3.63, 3.8) is 0 Å². The molecule has 6 heteroatoms. The molecule has 1 rings (SSSR count). The third-order valence-corrected chi connectivity index (χ3v) is 1.86. The van der Waals surface area contributed by atoms with Crippen molar-refractivity contribution < 1.29 is 4.79 Å². The molecule has 0 radical (unpaired) electrons. The molecule has 1 heterocycles. The molecule has 15 heavy (non-hydrogen) atoms. The fourth-order valence-corrected chi connectivity index (χ4v) is 1.02. The zero-order chi connectivity index (χ0) is 11.1. The highest BCUT2D eigenvalue weighted by Crippen LogP contribution is 1.88. The van der Waals surface area contributed by atoms with E-state index in [2.05, 4.69) is 20.8 Å². The van der Waals surface area contributed by atoms with Crippen molar-refractivity contribution in [2.24, 2.45) is 0 Å². The molecule has 0 bridgehead atoms. The lowest BCUT2D eigenvalue weighted by Crippen LogP contribution is -2.38. The fraction of sp³-hybridized carbons (Fsp3) is 0.556. The van der Waals surface area contributed by atoms with Crippen LogP contribution in [0, 0.1) is 0 Å². The van der Waals surface area contributed by atoms with Crippen molar-refractivity contribution in [1.29, 1.82) is 0 Å². The molecule has 0 aromatic carbocycles. The Hall–Kier alpha value is -1.56. The van der Waals surface area contributed by atoms with E-state index in [-0.39, 0.29) is 6.03 Å². The number of rotatable bonds is 5. The Morgan fingerprint density at radius 3 is 2.93 bits per heavy atom. The molecule has 0 aliphatic carbocycles. The van der Waals surface area contributed by atoms with Gasteiger partial charge in [-0.3, -0.25) is 5.10 Å². The summed E-state index contributed by atoms with van der Waals surface area (Å²) >= 11 is 0. The van der Waals surface area contributed by atoms with Crippen LogP contribution in [0.5, 0.6) is 0 Å². The summed E-state index contributed by atoms with van der Waals surface area (Å²) in [4.78, 5) is 12.6. The van der Waals surface area contributed by atoms with Gasteiger partial charge in [-0.2, -0.15) is 5.10 Å². The molecule has 0 unspecified atom stereocenters. The van der Waals surface area contributed by atoms with Gasteiger partial charge in [-0.25, -0.2) is 4.79 Å². The van der Waals surface area contributed by atoms with E-state index >= 15 is 0 Å². The van der Waals surface area contributed by atoms with Crippen LogP contribution >= 0.6 is 0 Å². The number of hydrogen-bond acceptors (Lipinski definition) is 3. The first-order chi connectivity index (χ1) is 7.20. The summed E-state index contributed by atoms with van der Waals surface area (Å²) in [5.74, 6) is 0. The van der Waals surface area contributed by atoms with Gasteiger partial charge < -0.3 is 15.5 Å². The van der Waals surface area contributed by atoms with Crippen molar-refractivity contribution >= 4 is 6.03 Å². The van der Waals surface area contributed by atoms with Gasteiger partial charge in [-0.15, -0.1) is 0 Å². The monoisotopic (exact) mass is 211 g/mol. The largest absolute Gasteiger partial charge is 0.337 e. The number of hydrogen-bond donors (Lipinski definition) is 3. The van der Waals surface area contributed by atoms with E-state index in [1.165, 1.54) is 4.90 Å². The lowest BCUT2D eigenvalue weighted by molar-refractivity contribution is 0.217. The second-order valence-electron chi connectivity index (χ2n) is 3.39. The van der Waals surface area contributed by atoms with E-state index < -0.39 is 0 Å². The second-order valence-corrected chi connectivity index (χ2v) is 3.39. The highest BCUT2D eigenvalue weighted by Gasteiger charge is 2.00. The van der Waals surface area contributed by atoms with Crippen LogP contribution in [0.3, 0.4) is 0 Å². The Kier molecular flexibility index (Phi) is 4.62. The summed E-state index contributed by atoms with van der Waals surface area (Å²) in [7, 11) is 3.43. The van der Waals surface area contributed by atoms with E-state index in [1.54, 1.807) is 20.3 Å². The SMILES string of the molecule is CN(C)C(=O)NCCNCc1ccn[nH]1. The highest BCUT2D eigenvalue weighted by molar-refractivity contribution is 5.73. The molecule has 0 fully saturated rings. The quantitative estimate of drug-likeness (QED) is 0.589.